The van der Waals surface area contributed by atoms with E-state index in [1.54, 1.807) is 0 Å². The van der Waals surface area contributed by atoms with Gasteiger partial charge in [-0.05, 0) is 23.8 Å². The van der Waals surface area contributed by atoms with Crippen LogP contribution in [-0.4, -0.2) is 47.2 Å². The van der Waals surface area contributed by atoms with Gasteiger partial charge in [0.25, 0.3) is 0 Å². The fourth-order valence-corrected chi connectivity index (χ4v) is 2.39. The number of aryl methyl sites for hydroxylation is 1. The van der Waals surface area contributed by atoms with Crippen molar-refractivity contribution in [3.05, 3.63) is 70.8 Å². The van der Waals surface area contributed by atoms with E-state index in [2.05, 4.69) is 20.6 Å². The second-order valence-electron chi connectivity index (χ2n) is 5.66. The van der Waals surface area contributed by atoms with Gasteiger partial charge in [0.2, 0.25) is 5.82 Å². The molecule has 0 unspecified atom stereocenters. The van der Waals surface area contributed by atoms with Crippen LogP contribution >= 0.6 is 0 Å². The van der Waals surface area contributed by atoms with Gasteiger partial charge in [0.1, 0.15) is 5.69 Å². The van der Waals surface area contributed by atoms with Gasteiger partial charge in [-0.3, -0.25) is 4.79 Å². The number of aliphatic hydroxyl groups excluding tert-OH is 1. The van der Waals surface area contributed by atoms with Crippen molar-refractivity contribution in [3.8, 4) is 0 Å². The predicted molar refractivity (Wildman–Crippen MR) is 90.8 cm³/mol. The molecule has 3 N–H and O–H groups in total. The van der Waals surface area contributed by atoms with Crippen LogP contribution in [0.15, 0.2) is 42.6 Å². The molecule has 2 heterocycles. The summed E-state index contributed by atoms with van der Waals surface area (Å²) in [6, 6.07) is 8.90. The zero-order valence-corrected chi connectivity index (χ0v) is 13.7. The van der Waals surface area contributed by atoms with Crippen LogP contribution in [0.4, 0.5) is 0 Å². The predicted octanol–water partition coefficient (Wildman–Crippen LogP) is 1.84. The summed E-state index contributed by atoms with van der Waals surface area (Å²) in [5.74, 6) is -2.32. The molecule has 0 spiro atoms. The molecule has 0 fully saturated rings. The molecule has 0 aliphatic rings. The van der Waals surface area contributed by atoms with Gasteiger partial charge in [0.05, 0.1) is 0 Å². The number of H-pyrrole nitrogens is 1. The van der Waals surface area contributed by atoms with Crippen LogP contribution in [0, 0.1) is 6.92 Å². The maximum Gasteiger partial charge on any atom is 0.352 e. The van der Waals surface area contributed by atoms with E-state index < -0.39 is 17.5 Å². The Labute approximate surface area is 147 Å². The lowest BCUT2D eigenvalue weighted by molar-refractivity contribution is 0.0685. The molecule has 0 saturated heterocycles. The molecular formula is C17H15N5O4. The van der Waals surface area contributed by atoms with Crippen LogP contribution in [0.3, 0.4) is 0 Å². The first-order chi connectivity index (χ1) is 12.4. The molecule has 0 atom stereocenters. The standard InChI is InChI=1S/C17H15N5O4/c1-10-2-4-11(5-3-10)8-22-9-12(6-13(22)17(25)26)14(23)7-15(24)16-18-20-21-19-16/h2-7,9,24H,8H2,1H3,(H,25,26)(H,18,19,20,21). The Kier molecular flexibility index (Phi) is 4.61. The number of carboxylic acids is 1. The molecule has 0 amide bonds. The molecule has 1 aromatic carbocycles. The van der Waals surface area contributed by atoms with Gasteiger partial charge < -0.3 is 14.8 Å². The lowest BCUT2D eigenvalue weighted by Gasteiger charge is -2.06. The highest BCUT2D eigenvalue weighted by atomic mass is 16.4. The van der Waals surface area contributed by atoms with Gasteiger partial charge in [0, 0.05) is 24.4 Å². The van der Waals surface area contributed by atoms with Gasteiger partial charge in [-0.15, -0.1) is 10.2 Å². The highest BCUT2D eigenvalue weighted by Crippen LogP contribution is 2.15. The Morgan fingerprint density at radius 3 is 2.58 bits per heavy atom. The normalized spacial score (nSPS) is 11.5. The Morgan fingerprint density at radius 2 is 1.96 bits per heavy atom. The SMILES string of the molecule is Cc1ccc(Cn2cc(C(=O)C=C(O)c3nn[nH]n3)cc2C(=O)O)cc1. The molecule has 132 valence electrons. The van der Waals surface area contributed by atoms with Crippen LogP contribution in [0.5, 0.6) is 0 Å². The van der Waals surface area contributed by atoms with Crippen molar-refractivity contribution >= 4 is 17.5 Å². The second kappa shape index (κ2) is 7.01. The Morgan fingerprint density at radius 1 is 1.23 bits per heavy atom. The van der Waals surface area contributed by atoms with E-state index in [4.69, 9.17) is 0 Å². The first-order valence-electron chi connectivity index (χ1n) is 7.62. The van der Waals surface area contributed by atoms with Crippen LogP contribution in [0.1, 0.15) is 37.8 Å². The molecule has 2 aromatic heterocycles. The van der Waals surface area contributed by atoms with Gasteiger partial charge >= 0.3 is 5.97 Å². The number of aromatic carboxylic acids is 1. The number of aliphatic hydroxyl groups is 1. The van der Waals surface area contributed by atoms with E-state index >= 15 is 0 Å². The van der Waals surface area contributed by atoms with Gasteiger partial charge in [-0.2, -0.15) is 5.21 Å². The van der Waals surface area contributed by atoms with E-state index in [-0.39, 0.29) is 17.1 Å². The minimum atomic E-state index is -1.15. The molecule has 3 rings (SSSR count). The minimum absolute atomic E-state index is 0.0265. The van der Waals surface area contributed by atoms with Crippen molar-refractivity contribution in [3.63, 3.8) is 0 Å². The first-order valence-corrected chi connectivity index (χ1v) is 7.62. The van der Waals surface area contributed by atoms with Crippen LogP contribution < -0.4 is 0 Å². The molecule has 9 heteroatoms. The molecule has 26 heavy (non-hydrogen) atoms. The number of ketones is 1. The van der Waals surface area contributed by atoms with Crippen LogP contribution in [0.2, 0.25) is 0 Å². The molecule has 0 aliphatic heterocycles. The molecule has 0 saturated carbocycles. The summed E-state index contributed by atoms with van der Waals surface area (Å²) >= 11 is 0. The third kappa shape index (κ3) is 3.66. The number of carboxylic acid groups (broad SMARTS) is 1. The number of nitrogens with one attached hydrogen (secondary N) is 1. The number of aromatic nitrogens is 5. The smallest absolute Gasteiger partial charge is 0.352 e. The summed E-state index contributed by atoms with van der Waals surface area (Å²) in [4.78, 5) is 23.8. The maximum absolute atomic E-state index is 12.3. The minimum Gasteiger partial charge on any atom is -0.504 e. The molecule has 0 bridgehead atoms. The van der Waals surface area contributed by atoms with E-state index in [1.807, 2.05) is 31.2 Å². The third-order valence-corrected chi connectivity index (χ3v) is 3.72. The highest BCUT2D eigenvalue weighted by Gasteiger charge is 2.17. The number of allylic oxidation sites excluding steroid dienone is 1. The van der Waals surface area contributed by atoms with Crippen molar-refractivity contribution in [1.82, 2.24) is 25.2 Å². The Hall–Kier alpha value is -3.75. The number of hydrogen-bond acceptors (Lipinski definition) is 6. The molecule has 0 radical (unpaired) electrons. The summed E-state index contributed by atoms with van der Waals surface area (Å²) in [5.41, 5.74) is 2.10. The zero-order valence-electron chi connectivity index (χ0n) is 13.7. The van der Waals surface area contributed by atoms with E-state index in [1.165, 1.54) is 16.8 Å². The largest absolute Gasteiger partial charge is 0.504 e. The number of hydrogen-bond donors (Lipinski definition) is 3. The summed E-state index contributed by atoms with van der Waals surface area (Å²) in [7, 11) is 0. The Bertz CT molecular complexity index is 971. The van der Waals surface area contributed by atoms with Gasteiger partial charge in [0.15, 0.2) is 11.5 Å². The van der Waals surface area contributed by atoms with Crippen LogP contribution in [-0.2, 0) is 6.54 Å². The number of nitrogens with zero attached hydrogens (tertiary/aromatic N) is 4. The van der Waals surface area contributed by atoms with Gasteiger partial charge in [-0.1, -0.05) is 29.8 Å². The number of carbonyl (C=O) groups is 2. The number of rotatable bonds is 6. The maximum atomic E-state index is 12.3. The number of carbonyl (C=O) groups excluding carboxylic acids is 1. The topological polar surface area (TPSA) is 134 Å². The van der Waals surface area contributed by atoms with E-state index in [0.717, 1.165) is 17.2 Å². The van der Waals surface area contributed by atoms with Crippen molar-refractivity contribution in [1.29, 1.82) is 0 Å². The number of tetrazole rings is 1. The zero-order chi connectivity index (χ0) is 18.7. The van der Waals surface area contributed by atoms with E-state index in [9.17, 15) is 19.8 Å². The van der Waals surface area contributed by atoms with Crippen molar-refractivity contribution in [2.75, 3.05) is 0 Å². The average molecular weight is 353 g/mol. The molecule has 9 nitrogen and oxygen atoms in total. The Balaban J connectivity index is 1.89. The highest BCUT2D eigenvalue weighted by molar-refractivity contribution is 6.08. The fraction of sp³-hybridized carbons (Fsp3) is 0.118. The van der Waals surface area contributed by atoms with Crippen molar-refractivity contribution in [2.45, 2.75) is 13.5 Å². The van der Waals surface area contributed by atoms with Crippen molar-refractivity contribution < 1.29 is 19.8 Å². The first kappa shape index (κ1) is 17.1. The molecule has 0 aliphatic carbocycles. The summed E-state index contributed by atoms with van der Waals surface area (Å²) in [6.07, 6.45) is 2.35. The number of aromatic amines is 1. The summed E-state index contributed by atoms with van der Waals surface area (Å²) in [6.45, 7) is 2.26. The summed E-state index contributed by atoms with van der Waals surface area (Å²) < 4.78 is 1.47. The average Bonchev–Trinajstić information content (AvgIpc) is 3.26. The van der Waals surface area contributed by atoms with Crippen LogP contribution in [0.25, 0.3) is 5.76 Å². The van der Waals surface area contributed by atoms with Gasteiger partial charge in [-0.25, -0.2) is 4.79 Å². The number of benzene rings is 1. The van der Waals surface area contributed by atoms with E-state index in [0.29, 0.717) is 6.54 Å². The lowest BCUT2D eigenvalue weighted by atomic mass is 10.1. The fourth-order valence-electron chi connectivity index (χ4n) is 2.39. The monoisotopic (exact) mass is 353 g/mol. The quantitative estimate of drug-likeness (QED) is 0.350. The second-order valence-corrected chi connectivity index (χ2v) is 5.66. The lowest BCUT2D eigenvalue weighted by Crippen LogP contribution is -2.08. The molecular weight excluding hydrogens is 338 g/mol. The third-order valence-electron chi connectivity index (χ3n) is 3.72. The molecule has 3 aromatic rings. The summed E-state index contributed by atoms with van der Waals surface area (Å²) in [5, 5.41) is 31.8. The van der Waals surface area contributed by atoms with Crippen molar-refractivity contribution in [2.24, 2.45) is 0 Å².